The molecule has 0 aromatic heterocycles. The number of carbonyl (C=O) groups is 1. The summed E-state index contributed by atoms with van der Waals surface area (Å²) >= 11 is 15.0. The van der Waals surface area contributed by atoms with Crippen molar-refractivity contribution in [1.29, 1.82) is 0 Å². The molecule has 1 N–H and O–H groups in total. The van der Waals surface area contributed by atoms with Gasteiger partial charge in [-0.15, -0.1) is 11.6 Å². The standard InChI is InChI=1S/C13H16BrCl2NO/c1-8(2)5-10(7-15)17-13(18)11-4-3-9(16)6-12(11)14/h3-4,6,8,10H,5,7H2,1-2H3,(H,17,18). The number of rotatable bonds is 5. The third-order valence-electron chi connectivity index (χ3n) is 2.45. The first-order chi connectivity index (χ1) is 8.43. The van der Waals surface area contributed by atoms with E-state index < -0.39 is 0 Å². The Balaban J connectivity index is 2.74. The number of amides is 1. The van der Waals surface area contributed by atoms with E-state index in [0.29, 0.717) is 26.9 Å². The van der Waals surface area contributed by atoms with Gasteiger partial charge in [-0.2, -0.15) is 0 Å². The van der Waals surface area contributed by atoms with Crippen LogP contribution in [0.15, 0.2) is 22.7 Å². The lowest BCUT2D eigenvalue weighted by Gasteiger charge is -2.18. The van der Waals surface area contributed by atoms with Crippen molar-refractivity contribution in [2.24, 2.45) is 5.92 Å². The smallest absolute Gasteiger partial charge is 0.252 e. The van der Waals surface area contributed by atoms with E-state index in [1.165, 1.54) is 0 Å². The van der Waals surface area contributed by atoms with E-state index in [9.17, 15) is 4.79 Å². The highest BCUT2D eigenvalue weighted by Gasteiger charge is 2.16. The molecule has 5 heteroatoms. The lowest BCUT2D eigenvalue weighted by molar-refractivity contribution is 0.0936. The van der Waals surface area contributed by atoms with Crippen molar-refractivity contribution in [3.8, 4) is 0 Å². The van der Waals surface area contributed by atoms with Gasteiger partial charge in [0.05, 0.1) is 5.56 Å². The zero-order chi connectivity index (χ0) is 13.7. The van der Waals surface area contributed by atoms with Gasteiger partial charge >= 0.3 is 0 Å². The predicted octanol–water partition coefficient (Wildman–Crippen LogP) is 4.49. The Bertz CT molecular complexity index is 423. The molecule has 1 aromatic rings. The molecule has 0 aliphatic rings. The van der Waals surface area contributed by atoms with Gasteiger partial charge in [0.2, 0.25) is 0 Å². The van der Waals surface area contributed by atoms with Crippen LogP contribution in [0.4, 0.5) is 0 Å². The minimum atomic E-state index is -0.134. The van der Waals surface area contributed by atoms with Crippen molar-refractivity contribution in [3.63, 3.8) is 0 Å². The van der Waals surface area contributed by atoms with E-state index in [4.69, 9.17) is 23.2 Å². The second-order valence-electron chi connectivity index (χ2n) is 4.58. The van der Waals surface area contributed by atoms with Crippen LogP contribution in [0.1, 0.15) is 30.6 Å². The van der Waals surface area contributed by atoms with E-state index in [1.807, 2.05) is 0 Å². The lowest BCUT2D eigenvalue weighted by Crippen LogP contribution is -2.37. The molecule has 1 unspecified atom stereocenters. The molecule has 100 valence electrons. The summed E-state index contributed by atoms with van der Waals surface area (Å²) in [5, 5.41) is 3.52. The van der Waals surface area contributed by atoms with Crippen LogP contribution in [0.25, 0.3) is 0 Å². The van der Waals surface area contributed by atoms with E-state index in [2.05, 4.69) is 35.1 Å². The SMILES string of the molecule is CC(C)CC(CCl)NC(=O)c1ccc(Cl)cc1Br. The zero-order valence-corrected chi connectivity index (χ0v) is 13.4. The Morgan fingerprint density at radius 2 is 2.11 bits per heavy atom. The molecule has 0 fully saturated rings. The molecule has 2 nitrogen and oxygen atoms in total. The quantitative estimate of drug-likeness (QED) is 0.777. The second-order valence-corrected chi connectivity index (χ2v) is 6.18. The molecule has 0 bridgehead atoms. The van der Waals surface area contributed by atoms with Crippen molar-refractivity contribution < 1.29 is 4.79 Å². The third kappa shape index (κ3) is 4.79. The van der Waals surface area contributed by atoms with Gasteiger partial charge in [-0.3, -0.25) is 4.79 Å². The van der Waals surface area contributed by atoms with Crippen LogP contribution >= 0.6 is 39.1 Å². The highest BCUT2D eigenvalue weighted by atomic mass is 79.9. The fourth-order valence-electron chi connectivity index (χ4n) is 1.67. The van der Waals surface area contributed by atoms with Crippen LogP contribution in [-0.4, -0.2) is 17.8 Å². The molecule has 0 saturated heterocycles. The highest BCUT2D eigenvalue weighted by Crippen LogP contribution is 2.21. The summed E-state index contributed by atoms with van der Waals surface area (Å²) in [6.45, 7) is 4.20. The van der Waals surface area contributed by atoms with Gasteiger partial charge in [0.1, 0.15) is 0 Å². The summed E-state index contributed by atoms with van der Waals surface area (Å²) in [5.41, 5.74) is 0.568. The van der Waals surface area contributed by atoms with Crippen molar-refractivity contribution in [2.45, 2.75) is 26.3 Å². The summed E-state index contributed by atoms with van der Waals surface area (Å²) in [7, 11) is 0. The van der Waals surface area contributed by atoms with E-state index in [-0.39, 0.29) is 11.9 Å². The van der Waals surface area contributed by atoms with Gasteiger partial charge in [0, 0.05) is 21.4 Å². The first kappa shape index (κ1) is 15.8. The van der Waals surface area contributed by atoms with Gasteiger partial charge in [-0.1, -0.05) is 25.4 Å². The van der Waals surface area contributed by atoms with Gasteiger partial charge in [0.15, 0.2) is 0 Å². The monoisotopic (exact) mass is 351 g/mol. The Kier molecular flexibility index (Phi) is 6.47. The Labute approximate surface area is 126 Å². The maximum atomic E-state index is 12.1. The van der Waals surface area contributed by atoms with E-state index >= 15 is 0 Å². The van der Waals surface area contributed by atoms with Gasteiger partial charge in [0.25, 0.3) is 5.91 Å². The molecule has 0 spiro atoms. The van der Waals surface area contributed by atoms with Crippen molar-refractivity contribution >= 4 is 45.0 Å². The van der Waals surface area contributed by atoms with Crippen LogP contribution in [-0.2, 0) is 0 Å². The number of alkyl halides is 1. The normalized spacial score (nSPS) is 12.6. The Morgan fingerprint density at radius 1 is 1.44 bits per heavy atom. The zero-order valence-electron chi connectivity index (χ0n) is 10.3. The van der Waals surface area contributed by atoms with Crippen LogP contribution in [0.5, 0.6) is 0 Å². The summed E-state index contributed by atoms with van der Waals surface area (Å²) < 4.78 is 0.686. The second kappa shape index (κ2) is 7.37. The topological polar surface area (TPSA) is 29.1 Å². The minimum absolute atomic E-state index is 0.0123. The Hall–Kier alpha value is -0.250. The van der Waals surface area contributed by atoms with Crippen LogP contribution in [0.3, 0.4) is 0 Å². The summed E-state index contributed by atoms with van der Waals surface area (Å²) in [4.78, 5) is 12.1. The van der Waals surface area contributed by atoms with Gasteiger partial charge in [-0.05, 0) is 46.5 Å². The van der Waals surface area contributed by atoms with Crippen LogP contribution in [0, 0.1) is 5.92 Å². The highest BCUT2D eigenvalue weighted by molar-refractivity contribution is 9.10. The fourth-order valence-corrected chi connectivity index (χ4v) is 2.73. The molecule has 1 rings (SSSR count). The molecule has 0 saturated carbocycles. The number of carbonyl (C=O) groups excluding carboxylic acids is 1. The molecule has 1 aromatic carbocycles. The predicted molar refractivity (Wildman–Crippen MR) is 80.6 cm³/mol. The molecule has 18 heavy (non-hydrogen) atoms. The summed E-state index contributed by atoms with van der Waals surface area (Å²) in [6, 6.07) is 5.08. The van der Waals surface area contributed by atoms with Crippen molar-refractivity contribution in [3.05, 3.63) is 33.3 Å². The van der Waals surface area contributed by atoms with Crippen molar-refractivity contribution in [2.75, 3.05) is 5.88 Å². The largest absolute Gasteiger partial charge is 0.348 e. The van der Waals surface area contributed by atoms with Crippen LogP contribution < -0.4 is 5.32 Å². The van der Waals surface area contributed by atoms with E-state index in [0.717, 1.165) is 6.42 Å². The molecule has 0 radical (unpaired) electrons. The molecule has 1 atom stereocenters. The van der Waals surface area contributed by atoms with Crippen molar-refractivity contribution in [1.82, 2.24) is 5.32 Å². The third-order valence-corrected chi connectivity index (χ3v) is 3.72. The molecule has 0 heterocycles. The number of benzene rings is 1. The first-order valence-electron chi connectivity index (χ1n) is 5.76. The molecule has 0 aliphatic carbocycles. The molecular weight excluding hydrogens is 337 g/mol. The summed E-state index contributed by atoms with van der Waals surface area (Å²) in [5.74, 6) is 0.766. The van der Waals surface area contributed by atoms with Gasteiger partial charge in [-0.25, -0.2) is 0 Å². The fraction of sp³-hybridized carbons (Fsp3) is 0.462. The average molecular weight is 353 g/mol. The maximum absolute atomic E-state index is 12.1. The summed E-state index contributed by atoms with van der Waals surface area (Å²) in [6.07, 6.45) is 0.862. The molecule has 0 aliphatic heterocycles. The number of hydrogen-bond donors (Lipinski definition) is 1. The minimum Gasteiger partial charge on any atom is -0.348 e. The van der Waals surface area contributed by atoms with E-state index in [1.54, 1.807) is 18.2 Å². The molecule has 1 amide bonds. The Morgan fingerprint density at radius 3 is 2.61 bits per heavy atom. The maximum Gasteiger partial charge on any atom is 0.252 e. The first-order valence-corrected chi connectivity index (χ1v) is 7.46. The lowest BCUT2D eigenvalue weighted by atomic mass is 10.0. The number of nitrogens with one attached hydrogen (secondary N) is 1. The number of halogens is 3. The molecular formula is C13H16BrCl2NO. The van der Waals surface area contributed by atoms with Gasteiger partial charge < -0.3 is 5.32 Å². The number of hydrogen-bond acceptors (Lipinski definition) is 1. The average Bonchev–Trinajstić information content (AvgIpc) is 2.27. The van der Waals surface area contributed by atoms with Crippen LogP contribution in [0.2, 0.25) is 5.02 Å².